The molecule has 5 heteroatoms. The Bertz CT molecular complexity index is 732. The van der Waals surface area contributed by atoms with Crippen molar-refractivity contribution in [3.63, 3.8) is 0 Å². The van der Waals surface area contributed by atoms with Crippen molar-refractivity contribution < 1.29 is 14.3 Å². The van der Waals surface area contributed by atoms with Crippen molar-refractivity contribution in [2.75, 3.05) is 12.4 Å². The predicted octanol–water partition coefficient (Wildman–Crippen LogP) is 4.06. The van der Waals surface area contributed by atoms with E-state index in [0.717, 1.165) is 16.0 Å². The van der Waals surface area contributed by atoms with Gasteiger partial charge in [0.15, 0.2) is 0 Å². The molecule has 0 atom stereocenters. The summed E-state index contributed by atoms with van der Waals surface area (Å²) in [4.78, 5) is 25.1. The van der Waals surface area contributed by atoms with E-state index in [4.69, 9.17) is 4.74 Å². The lowest BCUT2D eigenvalue weighted by Gasteiger charge is -2.05. The van der Waals surface area contributed by atoms with Crippen LogP contribution in [0.3, 0.4) is 0 Å². The number of benzene rings is 1. The summed E-state index contributed by atoms with van der Waals surface area (Å²) >= 11 is 1.39. The molecule has 120 valence electrons. The summed E-state index contributed by atoms with van der Waals surface area (Å²) in [6.07, 6.45) is 3.90. The smallest absolute Gasteiger partial charge is 0.341 e. The Hall–Kier alpha value is -2.40. The van der Waals surface area contributed by atoms with Crippen molar-refractivity contribution in [3.05, 3.63) is 58.0 Å². The number of ether oxygens (including phenoxy) is 1. The van der Waals surface area contributed by atoms with Crippen molar-refractivity contribution >= 4 is 34.3 Å². The van der Waals surface area contributed by atoms with Crippen LogP contribution in [0.5, 0.6) is 0 Å². The van der Waals surface area contributed by atoms with Gasteiger partial charge in [-0.1, -0.05) is 37.3 Å². The Balaban J connectivity index is 2.21. The molecule has 0 aliphatic carbocycles. The van der Waals surface area contributed by atoms with Gasteiger partial charge >= 0.3 is 5.97 Å². The molecule has 1 amide bonds. The molecule has 0 saturated heterocycles. The molecule has 0 bridgehead atoms. The zero-order chi connectivity index (χ0) is 16.8. The summed E-state index contributed by atoms with van der Waals surface area (Å²) in [5.74, 6) is -0.698. The molecule has 2 rings (SSSR count). The van der Waals surface area contributed by atoms with E-state index in [-0.39, 0.29) is 5.91 Å². The minimum Gasteiger partial charge on any atom is -0.465 e. The second-order valence-electron chi connectivity index (χ2n) is 4.92. The summed E-state index contributed by atoms with van der Waals surface area (Å²) in [5, 5.41) is 3.32. The van der Waals surface area contributed by atoms with Gasteiger partial charge in [-0.25, -0.2) is 4.79 Å². The molecule has 0 aliphatic rings. The van der Waals surface area contributed by atoms with Gasteiger partial charge in [-0.05, 0) is 30.5 Å². The fraction of sp³-hybridized carbons (Fsp3) is 0.222. The topological polar surface area (TPSA) is 55.4 Å². The molecule has 1 aromatic heterocycles. The summed E-state index contributed by atoms with van der Waals surface area (Å²) in [5.41, 5.74) is 2.32. The first-order valence-corrected chi connectivity index (χ1v) is 8.13. The van der Waals surface area contributed by atoms with Crippen LogP contribution in [0.1, 0.15) is 33.3 Å². The Morgan fingerprint density at radius 3 is 2.57 bits per heavy atom. The Morgan fingerprint density at radius 1 is 1.26 bits per heavy atom. The molecule has 0 unspecified atom stereocenters. The highest BCUT2D eigenvalue weighted by molar-refractivity contribution is 7.16. The van der Waals surface area contributed by atoms with Gasteiger partial charge in [0.25, 0.3) is 0 Å². The first kappa shape index (κ1) is 17.0. The van der Waals surface area contributed by atoms with E-state index in [1.165, 1.54) is 24.5 Å². The second kappa shape index (κ2) is 7.74. The average Bonchev–Trinajstić information content (AvgIpc) is 2.88. The van der Waals surface area contributed by atoms with E-state index < -0.39 is 5.97 Å². The number of rotatable bonds is 5. The summed E-state index contributed by atoms with van der Waals surface area (Å²) < 4.78 is 4.84. The van der Waals surface area contributed by atoms with Crippen LogP contribution >= 0.6 is 11.3 Å². The van der Waals surface area contributed by atoms with Crippen LogP contribution < -0.4 is 5.32 Å². The molecule has 4 nitrogen and oxygen atoms in total. The van der Waals surface area contributed by atoms with Gasteiger partial charge in [-0.15, -0.1) is 11.3 Å². The summed E-state index contributed by atoms with van der Waals surface area (Å²) in [6.45, 7) is 3.91. The first-order chi connectivity index (χ1) is 11.1. The van der Waals surface area contributed by atoms with E-state index in [1.807, 2.05) is 44.2 Å². The predicted molar refractivity (Wildman–Crippen MR) is 93.9 cm³/mol. The quantitative estimate of drug-likeness (QED) is 0.665. The summed E-state index contributed by atoms with van der Waals surface area (Å²) in [6, 6.07) is 9.55. The largest absolute Gasteiger partial charge is 0.465 e. The maximum absolute atomic E-state index is 12.1. The second-order valence-corrected chi connectivity index (χ2v) is 6.14. The van der Waals surface area contributed by atoms with Crippen molar-refractivity contribution in [2.45, 2.75) is 20.3 Å². The van der Waals surface area contributed by atoms with E-state index in [1.54, 1.807) is 6.08 Å². The highest BCUT2D eigenvalue weighted by Gasteiger charge is 2.22. The number of carbonyl (C=O) groups excluding carboxylic acids is 2. The number of amides is 1. The average molecular weight is 329 g/mol. The lowest BCUT2D eigenvalue weighted by molar-refractivity contribution is -0.111. The molecule has 0 spiro atoms. The standard InChI is InChI=1S/C18H19NO3S/c1-4-14-12(2)23-17(16(14)18(21)22-3)19-15(20)11-10-13-8-6-5-7-9-13/h5-11H,4H2,1-3H3,(H,19,20)/b11-10+. The number of aryl methyl sites for hydroxylation is 1. The van der Waals surface area contributed by atoms with Crippen molar-refractivity contribution in [1.82, 2.24) is 0 Å². The summed E-state index contributed by atoms with van der Waals surface area (Å²) in [7, 11) is 1.34. The Morgan fingerprint density at radius 2 is 1.96 bits per heavy atom. The van der Waals surface area contributed by atoms with Gasteiger partial charge < -0.3 is 10.1 Å². The Labute approximate surface area is 139 Å². The SMILES string of the molecule is CCc1c(C)sc(NC(=O)/C=C/c2ccccc2)c1C(=O)OC. The fourth-order valence-corrected chi connectivity index (χ4v) is 3.44. The van der Waals surface area contributed by atoms with Crippen LogP contribution in [0.25, 0.3) is 6.08 Å². The highest BCUT2D eigenvalue weighted by Crippen LogP contribution is 2.34. The van der Waals surface area contributed by atoms with Crippen LogP contribution in [0, 0.1) is 6.92 Å². The van der Waals surface area contributed by atoms with Crippen LogP contribution in [0.2, 0.25) is 0 Å². The number of hydrogen-bond acceptors (Lipinski definition) is 4. The zero-order valence-electron chi connectivity index (χ0n) is 13.4. The normalized spacial score (nSPS) is 10.7. The molecule has 1 N–H and O–H groups in total. The lowest BCUT2D eigenvalue weighted by Crippen LogP contribution is -2.12. The number of thiophene rings is 1. The highest BCUT2D eigenvalue weighted by atomic mass is 32.1. The van der Waals surface area contributed by atoms with Crippen molar-refractivity contribution in [3.8, 4) is 0 Å². The van der Waals surface area contributed by atoms with Gasteiger partial charge in [0.1, 0.15) is 5.00 Å². The van der Waals surface area contributed by atoms with Crippen molar-refractivity contribution in [1.29, 1.82) is 0 Å². The Kier molecular flexibility index (Phi) is 5.71. The molecule has 1 heterocycles. The van der Waals surface area contributed by atoms with Gasteiger partial charge in [0, 0.05) is 11.0 Å². The lowest BCUT2D eigenvalue weighted by atomic mass is 10.1. The minimum atomic E-state index is -0.423. The zero-order valence-corrected chi connectivity index (χ0v) is 14.2. The first-order valence-electron chi connectivity index (χ1n) is 7.31. The van der Waals surface area contributed by atoms with E-state index in [2.05, 4.69) is 5.32 Å². The molecule has 23 heavy (non-hydrogen) atoms. The molecule has 0 radical (unpaired) electrons. The molecule has 1 aromatic carbocycles. The molecule has 0 aliphatic heterocycles. The maximum atomic E-state index is 12.1. The van der Waals surface area contributed by atoms with Gasteiger partial charge in [0.05, 0.1) is 12.7 Å². The number of nitrogens with one attached hydrogen (secondary N) is 1. The number of carbonyl (C=O) groups is 2. The van der Waals surface area contributed by atoms with E-state index in [9.17, 15) is 9.59 Å². The number of anilines is 1. The van der Waals surface area contributed by atoms with Crippen LogP contribution in [0.15, 0.2) is 36.4 Å². The van der Waals surface area contributed by atoms with Crippen LogP contribution in [0.4, 0.5) is 5.00 Å². The van der Waals surface area contributed by atoms with E-state index >= 15 is 0 Å². The van der Waals surface area contributed by atoms with Crippen LogP contribution in [-0.4, -0.2) is 19.0 Å². The molecular formula is C18H19NO3S. The maximum Gasteiger partial charge on any atom is 0.341 e. The third-order valence-corrected chi connectivity index (χ3v) is 4.48. The monoisotopic (exact) mass is 329 g/mol. The van der Waals surface area contributed by atoms with E-state index in [0.29, 0.717) is 17.0 Å². The minimum absolute atomic E-state index is 0.275. The molecule has 2 aromatic rings. The van der Waals surface area contributed by atoms with Gasteiger partial charge in [-0.2, -0.15) is 0 Å². The molecule has 0 fully saturated rings. The molecular weight excluding hydrogens is 310 g/mol. The number of esters is 1. The van der Waals surface area contributed by atoms with Crippen LogP contribution in [-0.2, 0) is 16.0 Å². The third-order valence-electron chi connectivity index (χ3n) is 3.42. The van der Waals surface area contributed by atoms with Gasteiger partial charge in [-0.3, -0.25) is 4.79 Å². The number of methoxy groups -OCH3 is 1. The third kappa shape index (κ3) is 4.07. The molecule has 0 saturated carbocycles. The fourth-order valence-electron chi connectivity index (χ4n) is 2.30. The van der Waals surface area contributed by atoms with Gasteiger partial charge in [0.2, 0.25) is 5.91 Å². The number of hydrogen-bond donors (Lipinski definition) is 1. The van der Waals surface area contributed by atoms with Crippen molar-refractivity contribution in [2.24, 2.45) is 0 Å².